The number of hydrogen-bond donors (Lipinski definition) is 3. The highest BCUT2D eigenvalue weighted by molar-refractivity contribution is 5.92. The molecule has 0 aliphatic heterocycles. The lowest BCUT2D eigenvalue weighted by molar-refractivity contribution is 0.0697. The number of H-pyrrole nitrogens is 1. The predicted molar refractivity (Wildman–Crippen MR) is 72.7 cm³/mol. The molecule has 0 radical (unpaired) electrons. The minimum atomic E-state index is -1.05. The van der Waals surface area contributed by atoms with Gasteiger partial charge in [0.25, 0.3) is 0 Å². The summed E-state index contributed by atoms with van der Waals surface area (Å²) in [6.45, 7) is 0. The zero-order valence-electron chi connectivity index (χ0n) is 10.5. The third kappa shape index (κ3) is 2.66. The molecule has 106 valence electrons. The van der Waals surface area contributed by atoms with Crippen LogP contribution in [0.3, 0.4) is 0 Å². The number of carboxylic acids is 1. The first-order valence-electron chi connectivity index (χ1n) is 5.97. The Morgan fingerprint density at radius 1 is 1.14 bits per heavy atom. The number of fused-ring (bicyclic) bond motifs is 1. The van der Waals surface area contributed by atoms with Crippen molar-refractivity contribution in [3.8, 4) is 0 Å². The Balaban J connectivity index is 1.95. The minimum absolute atomic E-state index is 0.120. The third-order valence-corrected chi connectivity index (χ3v) is 2.85. The summed E-state index contributed by atoms with van der Waals surface area (Å²) < 4.78 is 26.2. The van der Waals surface area contributed by atoms with Gasteiger partial charge < -0.3 is 15.4 Å². The zero-order chi connectivity index (χ0) is 15.0. The summed E-state index contributed by atoms with van der Waals surface area (Å²) in [5.74, 6) is -2.20. The number of anilines is 2. The molecule has 0 unspecified atom stereocenters. The second-order valence-electron chi connectivity index (χ2n) is 4.41. The summed E-state index contributed by atoms with van der Waals surface area (Å²) in [6, 6.07) is 7.42. The van der Waals surface area contributed by atoms with Crippen molar-refractivity contribution in [3.63, 3.8) is 0 Å². The van der Waals surface area contributed by atoms with E-state index in [1.807, 2.05) is 0 Å². The molecule has 0 saturated heterocycles. The van der Waals surface area contributed by atoms with Gasteiger partial charge in [-0.05, 0) is 30.3 Å². The van der Waals surface area contributed by atoms with Crippen molar-refractivity contribution in [1.29, 1.82) is 0 Å². The molecule has 0 fully saturated rings. The molecule has 2 aromatic carbocycles. The fourth-order valence-corrected chi connectivity index (χ4v) is 1.96. The van der Waals surface area contributed by atoms with E-state index in [9.17, 15) is 13.6 Å². The summed E-state index contributed by atoms with van der Waals surface area (Å²) in [4.78, 5) is 17.9. The van der Waals surface area contributed by atoms with Crippen molar-refractivity contribution < 1.29 is 18.7 Å². The van der Waals surface area contributed by atoms with Crippen molar-refractivity contribution in [2.24, 2.45) is 0 Å². The second-order valence-corrected chi connectivity index (χ2v) is 4.41. The third-order valence-electron chi connectivity index (χ3n) is 2.85. The molecule has 0 saturated carbocycles. The highest BCUT2D eigenvalue weighted by Crippen LogP contribution is 2.21. The maximum atomic E-state index is 13.1. The molecule has 0 atom stereocenters. The predicted octanol–water partition coefficient (Wildman–Crippen LogP) is 3.28. The lowest BCUT2D eigenvalue weighted by atomic mass is 10.2. The summed E-state index contributed by atoms with van der Waals surface area (Å²) in [7, 11) is 0. The van der Waals surface area contributed by atoms with Gasteiger partial charge in [0.05, 0.1) is 16.6 Å². The van der Waals surface area contributed by atoms with Crippen LogP contribution in [0.1, 0.15) is 10.4 Å². The first-order valence-corrected chi connectivity index (χ1v) is 5.97. The first-order chi connectivity index (χ1) is 10.0. The molecule has 3 rings (SSSR count). The Morgan fingerprint density at radius 2 is 1.86 bits per heavy atom. The van der Waals surface area contributed by atoms with E-state index in [1.165, 1.54) is 12.1 Å². The highest BCUT2D eigenvalue weighted by atomic mass is 19.1. The van der Waals surface area contributed by atoms with Crippen LogP contribution in [0, 0.1) is 11.6 Å². The highest BCUT2D eigenvalue weighted by Gasteiger charge is 2.08. The molecule has 0 amide bonds. The lowest BCUT2D eigenvalue weighted by Gasteiger charge is -2.02. The summed E-state index contributed by atoms with van der Waals surface area (Å²) in [5.41, 5.74) is 1.37. The molecular formula is C14H9F2N3O2. The summed E-state index contributed by atoms with van der Waals surface area (Å²) in [5, 5.41) is 11.6. The topological polar surface area (TPSA) is 78.0 Å². The number of rotatable bonds is 3. The van der Waals surface area contributed by atoms with Gasteiger partial charge in [-0.15, -0.1) is 0 Å². The van der Waals surface area contributed by atoms with E-state index in [1.54, 1.807) is 6.07 Å². The molecular weight excluding hydrogens is 280 g/mol. The van der Waals surface area contributed by atoms with Crippen LogP contribution < -0.4 is 5.32 Å². The van der Waals surface area contributed by atoms with Crippen LogP contribution in [0.4, 0.5) is 20.4 Å². The first kappa shape index (κ1) is 13.0. The monoisotopic (exact) mass is 289 g/mol. The Morgan fingerprint density at radius 3 is 2.52 bits per heavy atom. The number of benzene rings is 2. The van der Waals surface area contributed by atoms with Gasteiger partial charge in [0.1, 0.15) is 11.6 Å². The van der Waals surface area contributed by atoms with Crippen LogP contribution in [-0.4, -0.2) is 21.0 Å². The van der Waals surface area contributed by atoms with E-state index in [0.29, 0.717) is 11.0 Å². The molecule has 7 heteroatoms. The maximum Gasteiger partial charge on any atom is 0.335 e. The van der Waals surface area contributed by atoms with Gasteiger partial charge in [0, 0.05) is 11.8 Å². The lowest BCUT2D eigenvalue weighted by Crippen LogP contribution is -1.95. The van der Waals surface area contributed by atoms with Gasteiger partial charge in [0.2, 0.25) is 5.95 Å². The molecule has 1 heterocycles. The fourth-order valence-electron chi connectivity index (χ4n) is 1.96. The summed E-state index contributed by atoms with van der Waals surface area (Å²) in [6.07, 6.45) is 0. The molecule has 0 spiro atoms. The second kappa shape index (κ2) is 4.86. The van der Waals surface area contributed by atoms with E-state index in [2.05, 4.69) is 15.3 Å². The quantitative estimate of drug-likeness (QED) is 0.691. The number of carbonyl (C=O) groups is 1. The molecule has 0 aliphatic carbocycles. The van der Waals surface area contributed by atoms with Crippen LogP contribution in [-0.2, 0) is 0 Å². The largest absolute Gasteiger partial charge is 0.478 e. The van der Waals surface area contributed by atoms with E-state index in [4.69, 9.17) is 5.11 Å². The average molecular weight is 289 g/mol. The fraction of sp³-hybridized carbons (Fsp3) is 0. The van der Waals surface area contributed by atoms with Crippen LogP contribution in [0.2, 0.25) is 0 Å². The number of hydrogen-bond acceptors (Lipinski definition) is 3. The Bertz CT molecular complexity index is 825. The number of nitrogens with zero attached hydrogens (tertiary/aromatic N) is 1. The van der Waals surface area contributed by atoms with Gasteiger partial charge in [-0.3, -0.25) is 0 Å². The number of nitrogens with one attached hydrogen (secondary N) is 2. The Labute approximate surface area is 117 Å². The van der Waals surface area contributed by atoms with E-state index < -0.39 is 17.6 Å². The van der Waals surface area contributed by atoms with Crippen LogP contribution in [0.25, 0.3) is 11.0 Å². The molecule has 3 N–H and O–H groups in total. The molecule has 0 bridgehead atoms. The standard InChI is InChI=1S/C14H9F2N3O2/c15-8-4-9(16)6-10(5-8)17-14-18-11-2-1-7(13(20)21)3-12(11)19-14/h1-6H,(H,20,21)(H2,17,18,19). The smallest absolute Gasteiger partial charge is 0.335 e. The number of aromatic carboxylic acids is 1. The van der Waals surface area contributed by atoms with E-state index in [-0.39, 0.29) is 17.2 Å². The Hall–Kier alpha value is -2.96. The maximum absolute atomic E-state index is 13.1. The van der Waals surface area contributed by atoms with Crippen LogP contribution in [0.15, 0.2) is 36.4 Å². The van der Waals surface area contributed by atoms with Crippen LogP contribution in [0.5, 0.6) is 0 Å². The molecule has 3 aromatic rings. The van der Waals surface area contributed by atoms with Gasteiger partial charge in [-0.2, -0.15) is 0 Å². The van der Waals surface area contributed by atoms with Crippen molar-refractivity contribution in [1.82, 2.24) is 9.97 Å². The van der Waals surface area contributed by atoms with E-state index in [0.717, 1.165) is 18.2 Å². The Kier molecular flexibility index (Phi) is 3.02. The van der Waals surface area contributed by atoms with Crippen molar-refractivity contribution in [2.75, 3.05) is 5.32 Å². The van der Waals surface area contributed by atoms with Gasteiger partial charge >= 0.3 is 5.97 Å². The molecule has 21 heavy (non-hydrogen) atoms. The normalized spacial score (nSPS) is 10.8. The molecule has 5 nitrogen and oxygen atoms in total. The summed E-state index contributed by atoms with van der Waals surface area (Å²) >= 11 is 0. The molecule has 0 aliphatic rings. The van der Waals surface area contributed by atoms with Crippen molar-refractivity contribution in [2.45, 2.75) is 0 Å². The van der Waals surface area contributed by atoms with Gasteiger partial charge in [0.15, 0.2) is 0 Å². The number of carboxylic acid groups (broad SMARTS) is 1. The van der Waals surface area contributed by atoms with Crippen LogP contribution >= 0.6 is 0 Å². The van der Waals surface area contributed by atoms with Crippen molar-refractivity contribution >= 4 is 28.6 Å². The van der Waals surface area contributed by atoms with Gasteiger partial charge in [-0.1, -0.05) is 0 Å². The SMILES string of the molecule is O=C(O)c1ccc2nc(Nc3cc(F)cc(F)c3)[nH]c2c1. The molecule has 1 aromatic heterocycles. The average Bonchev–Trinajstić information content (AvgIpc) is 2.78. The number of halogens is 2. The number of aromatic amines is 1. The van der Waals surface area contributed by atoms with Crippen molar-refractivity contribution in [3.05, 3.63) is 53.6 Å². The number of aromatic nitrogens is 2. The zero-order valence-corrected chi connectivity index (χ0v) is 10.5. The van der Waals surface area contributed by atoms with Gasteiger partial charge in [-0.25, -0.2) is 18.6 Å². The van der Waals surface area contributed by atoms with E-state index >= 15 is 0 Å². The minimum Gasteiger partial charge on any atom is -0.478 e. The number of imidazole rings is 1.